The first-order valence-corrected chi connectivity index (χ1v) is 5.72. The molecule has 0 atom stereocenters. The lowest BCUT2D eigenvalue weighted by Gasteiger charge is -2.09. The van der Waals surface area contributed by atoms with Crippen molar-refractivity contribution in [1.82, 2.24) is 10.2 Å². The summed E-state index contributed by atoms with van der Waals surface area (Å²) in [5, 5.41) is 3.28. The van der Waals surface area contributed by atoms with Gasteiger partial charge in [-0.05, 0) is 26.7 Å². The third-order valence-corrected chi connectivity index (χ3v) is 2.32. The van der Waals surface area contributed by atoms with Crippen LogP contribution < -0.4 is 5.32 Å². The molecule has 1 aromatic rings. The van der Waals surface area contributed by atoms with E-state index in [1.807, 2.05) is 20.2 Å². The molecule has 0 saturated heterocycles. The highest BCUT2D eigenvalue weighted by atomic mass is 16.5. The van der Waals surface area contributed by atoms with Crippen molar-refractivity contribution in [2.75, 3.05) is 33.8 Å². The average molecular weight is 226 g/mol. The number of ether oxygens (including phenoxy) is 1. The minimum atomic E-state index is 0.557. The highest BCUT2D eigenvalue weighted by Gasteiger charge is 2.05. The number of nitrogens with zero attached hydrogens (tertiary/aromatic N) is 1. The van der Waals surface area contributed by atoms with Gasteiger partial charge in [0.1, 0.15) is 12.4 Å². The Kier molecular flexibility index (Phi) is 6.15. The summed E-state index contributed by atoms with van der Waals surface area (Å²) in [4.78, 5) is 2.10. The van der Waals surface area contributed by atoms with Crippen LogP contribution in [0.15, 0.2) is 16.7 Å². The third kappa shape index (κ3) is 4.79. The molecule has 4 nitrogen and oxygen atoms in total. The minimum Gasteiger partial charge on any atom is -0.467 e. The van der Waals surface area contributed by atoms with E-state index in [-0.39, 0.29) is 0 Å². The van der Waals surface area contributed by atoms with E-state index >= 15 is 0 Å². The number of likely N-dealkylation sites (N-methyl/N-ethyl adjacent to an activating group) is 1. The summed E-state index contributed by atoms with van der Waals surface area (Å²) < 4.78 is 10.9. The lowest BCUT2D eigenvalue weighted by Crippen LogP contribution is -2.18. The predicted molar refractivity (Wildman–Crippen MR) is 64.3 cm³/mol. The van der Waals surface area contributed by atoms with Crippen LogP contribution in [-0.4, -0.2) is 38.7 Å². The molecule has 0 bridgehead atoms. The molecule has 4 heteroatoms. The summed E-state index contributed by atoms with van der Waals surface area (Å²) >= 11 is 0. The molecule has 1 aromatic heterocycles. The van der Waals surface area contributed by atoms with Crippen molar-refractivity contribution in [2.45, 2.75) is 20.1 Å². The summed E-state index contributed by atoms with van der Waals surface area (Å²) in [6.45, 7) is 6.12. The third-order valence-electron chi connectivity index (χ3n) is 2.32. The van der Waals surface area contributed by atoms with E-state index in [2.05, 4.69) is 17.1 Å². The Morgan fingerprint density at radius 1 is 1.44 bits per heavy atom. The first-order chi connectivity index (χ1) is 7.74. The van der Waals surface area contributed by atoms with Crippen LogP contribution >= 0.6 is 0 Å². The number of rotatable bonds is 8. The Balaban J connectivity index is 2.27. The normalized spacial score (nSPS) is 11.2. The lowest BCUT2D eigenvalue weighted by molar-refractivity contribution is 0.0919. The van der Waals surface area contributed by atoms with Crippen LogP contribution in [0.4, 0.5) is 0 Å². The molecular weight excluding hydrogens is 204 g/mol. The van der Waals surface area contributed by atoms with E-state index in [9.17, 15) is 0 Å². The molecular formula is C12H22N2O2. The van der Waals surface area contributed by atoms with Crippen molar-refractivity contribution in [3.8, 4) is 0 Å². The van der Waals surface area contributed by atoms with Crippen molar-refractivity contribution < 1.29 is 9.15 Å². The predicted octanol–water partition coefficient (Wildman–Crippen LogP) is 1.47. The number of furan rings is 1. The summed E-state index contributed by atoms with van der Waals surface area (Å²) in [6.07, 6.45) is 1.72. The van der Waals surface area contributed by atoms with Crippen LogP contribution in [0.3, 0.4) is 0 Å². The van der Waals surface area contributed by atoms with Gasteiger partial charge in [-0.1, -0.05) is 6.92 Å². The quantitative estimate of drug-likeness (QED) is 0.681. The van der Waals surface area contributed by atoms with E-state index in [1.165, 1.54) is 5.56 Å². The van der Waals surface area contributed by atoms with Crippen LogP contribution in [0.25, 0.3) is 0 Å². The molecule has 0 radical (unpaired) electrons. The highest BCUT2D eigenvalue weighted by Crippen LogP contribution is 2.11. The Bertz CT molecular complexity index is 284. The van der Waals surface area contributed by atoms with Crippen molar-refractivity contribution >= 4 is 0 Å². The molecule has 0 saturated carbocycles. The minimum absolute atomic E-state index is 0.557. The zero-order valence-corrected chi connectivity index (χ0v) is 10.5. The number of nitrogens with one attached hydrogen (secondary N) is 1. The molecule has 0 fully saturated rings. The molecule has 92 valence electrons. The molecule has 16 heavy (non-hydrogen) atoms. The van der Waals surface area contributed by atoms with Crippen LogP contribution in [0, 0.1) is 0 Å². The number of hydrogen-bond donors (Lipinski definition) is 1. The maximum atomic E-state index is 5.55. The molecule has 0 aliphatic rings. The highest BCUT2D eigenvalue weighted by molar-refractivity contribution is 5.15. The van der Waals surface area contributed by atoms with Gasteiger partial charge in [-0.25, -0.2) is 0 Å². The van der Waals surface area contributed by atoms with Crippen LogP contribution in [-0.2, 0) is 17.9 Å². The monoisotopic (exact) mass is 226 g/mol. The molecule has 0 unspecified atom stereocenters. The van der Waals surface area contributed by atoms with Crippen LogP contribution in [0.5, 0.6) is 0 Å². The van der Waals surface area contributed by atoms with E-state index in [0.29, 0.717) is 6.61 Å². The molecule has 0 spiro atoms. The molecule has 1 N–H and O–H groups in total. The van der Waals surface area contributed by atoms with Crippen LogP contribution in [0.2, 0.25) is 0 Å². The van der Waals surface area contributed by atoms with E-state index in [1.54, 1.807) is 6.26 Å². The van der Waals surface area contributed by atoms with Gasteiger partial charge < -0.3 is 19.4 Å². The second-order valence-corrected chi connectivity index (χ2v) is 4.01. The van der Waals surface area contributed by atoms with E-state index in [0.717, 1.165) is 32.0 Å². The Morgan fingerprint density at radius 2 is 2.25 bits per heavy atom. The van der Waals surface area contributed by atoms with Gasteiger partial charge in [0.15, 0.2) is 0 Å². The SMILES string of the molecule is CCNCc1ccoc1COCCN(C)C. The van der Waals surface area contributed by atoms with Gasteiger partial charge in [-0.2, -0.15) is 0 Å². The average Bonchev–Trinajstić information content (AvgIpc) is 2.69. The Hall–Kier alpha value is -0.840. The van der Waals surface area contributed by atoms with Gasteiger partial charge in [-0.15, -0.1) is 0 Å². The topological polar surface area (TPSA) is 37.6 Å². The Morgan fingerprint density at radius 3 is 2.94 bits per heavy atom. The van der Waals surface area contributed by atoms with Gasteiger partial charge in [0.2, 0.25) is 0 Å². The lowest BCUT2D eigenvalue weighted by atomic mass is 10.2. The summed E-state index contributed by atoms with van der Waals surface area (Å²) in [5.74, 6) is 0.930. The van der Waals surface area contributed by atoms with Crippen molar-refractivity contribution in [2.24, 2.45) is 0 Å². The Labute approximate surface area is 97.6 Å². The van der Waals surface area contributed by atoms with Gasteiger partial charge >= 0.3 is 0 Å². The first kappa shape index (κ1) is 13.2. The van der Waals surface area contributed by atoms with Crippen molar-refractivity contribution in [3.63, 3.8) is 0 Å². The smallest absolute Gasteiger partial charge is 0.133 e. The fourth-order valence-electron chi connectivity index (χ4n) is 1.32. The largest absolute Gasteiger partial charge is 0.467 e. The van der Waals surface area contributed by atoms with Gasteiger partial charge in [-0.3, -0.25) is 0 Å². The van der Waals surface area contributed by atoms with E-state index in [4.69, 9.17) is 9.15 Å². The maximum absolute atomic E-state index is 5.55. The van der Waals surface area contributed by atoms with Crippen molar-refractivity contribution in [1.29, 1.82) is 0 Å². The second-order valence-electron chi connectivity index (χ2n) is 4.01. The summed E-state index contributed by atoms with van der Waals surface area (Å²) in [5.41, 5.74) is 1.19. The zero-order valence-electron chi connectivity index (χ0n) is 10.5. The molecule has 0 aromatic carbocycles. The standard InChI is InChI=1S/C12H22N2O2/c1-4-13-9-11-5-7-16-12(11)10-15-8-6-14(2)3/h5,7,13H,4,6,8-10H2,1-3H3. The fourth-order valence-corrected chi connectivity index (χ4v) is 1.32. The van der Waals surface area contributed by atoms with Gasteiger partial charge in [0, 0.05) is 18.7 Å². The molecule has 0 aliphatic carbocycles. The number of hydrogen-bond acceptors (Lipinski definition) is 4. The summed E-state index contributed by atoms with van der Waals surface area (Å²) in [7, 11) is 4.07. The second kappa shape index (κ2) is 7.44. The van der Waals surface area contributed by atoms with Crippen molar-refractivity contribution in [3.05, 3.63) is 23.7 Å². The van der Waals surface area contributed by atoms with Crippen LogP contribution in [0.1, 0.15) is 18.2 Å². The molecule has 0 amide bonds. The molecule has 0 aliphatic heterocycles. The maximum Gasteiger partial charge on any atom is 0.133 e. The fraction of sp³-hybridized carbons (Fsp3) is 0.667. The summed E-state index contributed by atoms with van der Waals surface area (Å²) in [6, 6.07) is 1.99. The zero-order chi connectivity index (χ0) is 11.8. The van der Waals surface area contributed by atoms with Gasteiger partial charge in [0.05, 0.1) is 12.9 Å². The molecule has 1 heterocycles. The first-order valence-electron chi connectivity index (χ1n) is 5.72. The van der Waals surface area contributed by atoms with E-state index < -0.39 is 0 Å². The van der Waals surface area contributed by atoms with Gasteiger partial charge in [0.25, 0.3) is 0 Å². The molecule has 1 rings (SSSR count).